The molecule has 2 aromatic rings. The lowest BCUT2D eigenvalue weighted by molar-refractivity contribution is 0.657. The highest BCUT2D eigenvalue weighted by Gasteiger charge is 2.03. The summed E-state index contributed by atoms with van der Waals surface area (Å²) in [6.45, 7) is 16.1. The molecule has 0 aliphatic rings. The fourth-order valence-electron chi connectivity index (χ4n) is 1.36. The Bertz CT molecular complexity index is 458. The topological polar surface area (TPSA) is 0 Å². The first kappa shape index (κ1) is 21.2. The Morgan fingerprint density at radius 2 is 1.30 bits per heavy atom. The summed E-state index contributed by atoms with van der Waals surface area (Å²) in [5.74, 6) is 0. The molecule has 2 heteroatoms. The molecule has 0 saturated carbocycles. The van der Waals surface area contributed by atoms with Crippen LogP contribution in [0.3, 0.4) is 0 Å². The molecule has 0 radical (unpaired) electrons. The van der Waals surface area contributed by atoms with Crippen molar-refractivity contribution in [2.45, 2.75) is 55.4 Å². The van der Waals surface area contributed by atoms with Gasteiger partial charge in [-0.15, -0.1) is 11.3 Å². The molecule has 0 amide bonds. The van der Waals surface area contributed by atoms with E-state index in [2.05, 4.69) is 26.0 Å². The van der Waals surface area contributed by atoms with Crippen molar-refractivity contribution >= 4 is 11.3 Å². The van der Waals surface area contributed by atoms with Gasteiger partial charge in [0.2, 0.25) is 0 Å². The second-order valence-corrected chi connectivity index (χ2v) is 4.44. The molecule has 0 aliphatic heterocycles. The van der Waals surface area contributed by atoms with Crippen LogP contribution in [0.15, 0.2) is 30.3 Å². The Labute approximate surface area is 128 Å². The predicted octanol–water partition coefficient (Wildman–Crippen LogP) is 7.25. The second-order valence-electron chi connectivity index (χ2n) is 3.40. The van der Waals surface area contributed by atoms with Gasteiger partial charge in [-0.1, -0.05) is 59.7 Å². The average molecular weight is 296 g/mol. The van der Waals surface area contributed by atoms with Crippen molar-refractivity contribution in [3.05, 3.63) is 46.6 Å². The summed E-state index contributed by atoms with van der Waals surface area (Å²) >= 11 is 1.19. The van der Waals surface area contributed by atoms with Crippen LogP contribution in [0.25, 0.3) is 10.4 Å². The highest BCUT2D eigenvalue weighted by molar-refractivity contribution is 7.13. The zero-order valence-electron chi connectivity index (χ0n) is 14.2. The van der Waals surface area contributed by atoms with Crippen LogP contribution < -0.4 is 0 Å². The Morgan fingerprint density at radius 3 is 1.70 bits per heavy atom. The summed E-state index contributed by atoms with van der Waals surface area (Å²) in [6.07, 6.45) is 0. The third-order valence-corrected chi connectivity index (χ3v) is 3.29. The molecular weight excluding hydrogens is 267 g/mol. The third-order valence-electron chi connectivity index (χ3n) is 2.36. The van der Waals surface area contributed by atoms with Gasteiger partial charge in [-0.25, -0.2) is 0 Å². The van der Waals surface area contributed by atoms with Gasteiger partial charge in [0.15, 0.2) is 5.13 Å². The highest BCUT2D eigenvalue weighted by Crippen LogP contribution is 2.28. The van der Waals surface area contributed by atoms with Gasteiger partial charge in [-0.05, 0) is 42.7 Å². The molecule has 20 heavy (non-hydrogen) atoms. The van der Waals surface area contributed by atoms with Crippen LogP contribution in [0.2, 0.25) is 0 Å². The van der Waals surface area contributed by atoms with Crippen molar-refractivity contribution in [1.29, 1.82) is 0 Å². The van der Waals surface area contributed by atoms with Gasteiger partial charge in [-0.3, -0.25) is 0 Å². The van der Waals surface area contributed by atoms with Crippen molar-refractivity contribution in [3.8, 4) is 10.4 Å². The number of thiophene rings is 1. The number of rotatable bonds is 1. The molecule has 114 valence electrons. The van der Waals surface area contributed by atoms with Gasteiger partial charge in [0, 0.05) is 4.88 Å². The summed E-state index contributed by atoms with van der Waals surface area (Å²) in [6, 6.07) is 9.54. The normalized spacial score (nSPS) is 8.25. The summed E-state index contributed by atoms with van der Waals surface area (Å²) in [4.78, 5) is 0.991. The van der Waals surface area contributed by atoms with Gasteiger partial charge in [0.05, 0.1) is 0 Å². The molecule has 0 atom stereocenters. The molecule has 1 aromatic heterocycles. The number of benzene rings is 1. The number of hydrogen-bond acceptors (Lipinski definition) is 1. The highest BCUT2D eigenvalue weighted by atomic mass is 32.1. The summed E-state index contributed by atoms with van der Waals surface area (Å²) < 4.78 is 12.8. The number of halogens is 1. The molecule has 0 fully saturated rings. The number of hydrogen-bond donors (Lipinski definition) is 0. The minimum Gasteiger partial charge on any atom is -0.195 e. The van der Waals surface area contributed by atoms with E-state index in [4.69, 9.17) is 0 Å². The molecule has 1 aromatic carbocycles. The molecule has 1 heterocycles. The molecule has 0 saturated heterocycles. The lowest BCUT2D eigenvalue weighted by atomic mass is 10.1. The van der Waals surface area contributed by atoms with Crippen molar-refractivity contribution < 1.29 is 4.39 Å². The van der Waals surface area contributed by atoms with Crippen LogP contribution in [0.1, 0.15) is 52.7 Å². The maximum atomic E-state index is 12.8. The zero-order chi connectivity index (χ0) is 16.1. The van der Waals surface area contributed by atoms with Gasteiger partial charge >= 0.3 is 0 Å². The maximum absolute atomic E-state index is 12.8. The lowest BCUT2D eigenvalue weighted by Gasteiger charge is -2.02. The lowest BCUT2D eigenvalue weighted by Crippen LogP contribution is -1.80. The van der Waals surface area contributed by atoms with Crippen molar-refractivity contribution in [3.63, 3.8) is 0 Å². The van der Waals surface area contributed by atoms with Gasteiger partial charge < -0.3 is 0 Å². The summed E-state index contributed by atoms with van der Waals surface area (Å²) in [7, 11) is 0. The van der Waals surface area contributed by atoms with Crippen LogP contribution in [0, 0.1) is 19.0 Å². The van der Waals surface area contributed by atoms with Crippen LogP contribution in [-0.4, -0.2) is 0 Å². The first-order valence-electron chi connectivity index (χ1n) is 7.50. The van der Waals surface area contributed by atoms with Gasteiger partial charge in [0.1, 0.15) is 0 Å². The SMILES string of the molecule is CC.CC.CC.Cc1ccc(-c2ccc(F)s2)cc1C. The Kier molecular flexibility index (Phi) is 13.6. The average Bonchev–Trinajstić information content (AvgIpc) is 2.95. The van der Waals surface area contributed by atoms with Gasteiger partial charge in [0.25, 0.3) is 0 Å². The van der Waals surface area contributed by atoms with Crippen molar-refractivity contribution in [2.24, 2.45) is 0 Å². The van der Waals surface area contributed by atoms with E-state index < -0.39 is 0 Å². The van der Waals surface area contributed by atoms with E-state index in [0.29, 0.717) is 0 Å². The third kappa shape index (κ3) is 6.85. The quantitative estimate of drug-likeness (QED) is 0.520. The minimum atomic E-state index is -0.127. The molecule has 0 aliphatic carbocycles. The Balaban J connectivity index is 0. The molecule has 2 rings (SSSR count). The fourth-order valence-corrected chi connectivity index (χ4v) is 2.09. The Morgan fingerprint density at radius 1 is 0.750 bits per heavy atom. The van der Waals surface area contributed by atoms with Crippen LogP contribution in [-0.2, 0) is 0 Å². The number of aryl methyl sites for hydroxylation is 2. The van der Waals surface area contributed by atoms with Gasteiger partial charge in [-0.2, -0.15) is 4.39 Å². The first-order chi connectivity index (χ1) is 9.66. The monoisotopic (exact) mass is 296 g/mol. The molecule has 0 spiro atoms. The van der Waals surface area contributed by atoms with E-state index in [9.17, 15) is 4.39 Å². The van der Waals surface area contributed by atoms with Crippen LogP contribution >= 0.6 is 11.3 Å². The fraction of sp³-hybridized carbons (Fsp3) is 0.444. The van der Waals surface area contributed by atoms with E-state index in [-0.39, 0.29) is 5.13 Å². The standard InChI is InChI=1S/C12H11FS.3C2H6/c1-8-3-4-10(7-9(8)2)11-5-6-12(13)14-11;3*1-2/h3-7H,1-2H3;3*1-2H3. The zero-order valence-corrected chi connectivity index (χ0v) is 15.0. The van der Waals surface area contributed by atoms with Crippen molar-refractivity contribution in [1.82, 2.24) is 0 Å². The molecule has 0 nitrogen and oxygen atoms in total. The molecule has 0 unspecified atom stereocenters. The summed E-state index contributed by atoms with van der Waals surface area (Å²) in [5.41, 5.74) is 3.61. The van der Waals surface area contributed by atoms with Crippen LogP contribution in [0.5, 0.6) is 0 Å². The van der Waals surface area contributed by atoms with E-state index in [1.165, 1.54) is 28.5 Å². The van der Waals surface area contributed by atoms with E-state index in [1.807, 2.05) is 53.7 Å². The van der Waals surface area contributed by atoms with E-state index in [1.54, 1.807) is 0 Å². The molecule has 0 N–H and O–H groups in total. The van der Waals surface area contributed by atoms with Crippen LogP contribution in [0.4, 0.5) is 4.39 Å². The molecular formula is C18H29FS. The summed E-state index contributed by atoms with van der Waals surface area (Å²) in [5, 5.41) is -0.127. The maximum Gasteiger partial charge on any atom is 0.176 e. The van der Waals surface area contributed by atoms with E-state index in [0.717, 1.165) is 10.4 Å². The molecule has 0 bridgehead atoms. The minimum absolute atomic E-state index is 0.127. The first-order valence-corrected chi connectivity index (χ1v) is 8.31. The smallest absolute Gasteiger partial charge is 0.176 e. The Hall–Kier alpha value is -1.15. The van der Waals surface area contributed by atoms with E-state index >= 15 is 0 Å². The largest absolute Gasteiger partial charge is 0.195 e. The van der Waals surface area contributed by atoms with Crippen molar-refractivity contribution in [2.75, 3.05) is 0 Å². The predicted molar refractivity (Wildman–Crippen MR) is 93.2 cm³/mol. The second kappa shape index (κ2) is 12.9.